The quantitative estimate of drug-likeness (QED) is 0.588. The van der Waals surface area contributed by atoms with Gasteiger partial charge in [-0.25, -0.2) is 0 Å². The van der Waals surface area contributed by atoms with Gasteiger partial charge < -0.3 is 15.7 Å². The van der Waals surface area contributed by atoms with Crippen LogP contribution in [0, 0.1) is 0 Å². The predicted molar refractivity (Wildman–Crippen MR) is 72.9 cm³/mol. The molecule has 1 aromatic rings. The molecule has 0 saturated carbocycles. The van der Waals surface area contributed by atoms with E-state index >= 15 is 0 Å². The Kier molecular flexibility index (Phi) is 5.26. The summed E-state index contributed by atoms with van der Waals surface area (Å²) in [5, 5.41) is 8.72. The van der Waals surface area contributed by atoms with E-state index in [1.807, 2.05) is 14.1 Å². The number of aliphatic carboxylic acids is 1. The number of allylic oxidation sites excluding steroid dienone is 1. The Morgan fingerprint density at radius 2 is 1.89 bits per heavy atom. The molecular weight excluding hydrogens is 244 g/mol. The zero-order valence-electron chi connectivity index (χ0n) is 11.0. The third kappa shape index (κ3) is 4.93. The summed E-state index contributed by atoms with van der Waals surface area (Å²) in [6, 6.07) is 5.87. The van der Waals surface area contributed by atoms with Crippen LogP contribution < -0.4 is 5.73 Å². The van der Waals surface area contributed by atoms with E-state index in [2.05, 4.69) is 0 Å². The van der Waals surface area contributed by atoms with Crippen molar-refractivity contribution < 1.29 is 14.7 Å². The van der Waals surface area contributed by atoms with E-state index in [4.69, 9.17) is 10.8 Å². The lowest BCUT2D eigenvalue weighted by Crippen LogP contribution is -2.32. The second-order valence-electron chi connectivity index (χ2n) is 4.49. The van der Waals surface area contributed by atoms with Crippen LogP contribution in [-0.2, 0) is 11.2 Å². The molecule has 0 aliphatic carbocycles. The third-order valence-corrected chi connectivity index (χ3v) is 2.54. The van der Waals surface area contributed by atoms with Crippen LogP contribution in [0.1, 0.15) is 15.9 Å². The number of ketones is 1. The highest BCUT2D eigenvalue weighted by atomic mass is 16.4. The average molecular weight is 262 g/mol. The van der Waals surface area contributed by atoms with E-state index in [0.29, 0.717) is 5.56 Å². The Morgan fingerprint density at radius 3 is 2.37 bits per heavy atom. The molecule has 0 aliphatic rings. The van der Waals surface area contributed by atoms with Gasteiger partial charge in [0.25, 0.3) is 0 Å². The Bertz CT molecular complexity index is 478. The summed E-state index contributed by atoms with van der Waals surface area (Å²) in [6.45, 7) is 0. The molecule has 1 atom stereocenters. The number of carboxylic acid groups (broad SMARTS) is 1. The highest BCUT2D eigenvalue weighted by molar-refractivity contribution is 6.04. The minimum absolute atomic E-state index is 0.0946. The molecule has 0 radical (unpaired) electrons. The topological polar surface area (TPSA) is 83.6 Å². The van der Waals surface area contributed by atoms with Crippen LogP contribution >= 0.6 is 0 Å². The standard InChI is InChI=1S/C14H18N2O3/c1-16(2)8-7-13(17)11-5-3-10(4-6-11)9-12(15)14(18)19/h3-8,12H,9,15H2,1-2H3,(H,18,19)/b8-7+. The summed E-state index contributed by atoms with van der Waals surface area (Å²) in [5.41, 5.74) is 6.80. The first-order valence-electron chi connectivity index (χ1n) is 5.86. The van der Waals surface area contributed by atoms with E-state index in [9.17, 15) is 9.59 Å². The van der Waals surface area contributed by atoms with Gasteiger partial charge in [0.2, 0.25) is 0 Å². The van der Waals surface area contributed by atoms with Crippen molar-refractivity contribution in [3.63, 3.8) is 0 Å². The molecular formula is C14H18N2O3. The fourth-order valence-electron chi connectivity index (χ4n) is 1.46. The van der Waals surface area contributed by atoms with Crippen molar-refractivity contribution in [2.24, 2.45) is 5.73 Å². The maximum atomic E-state index is 11.8. The van der Waals surface area contributed by atoms with Crippen LogP contribution in [0.4, 0.5) is 0 Å². The van der Waals surface area contributed by atoms with Gasteiger partial charge in [-0.3, -0.25) is 9.59 Å². The molecule has 1 rings (SSSR count). The highest BCUT2D eigenvalue weighted by Crippen LogP contribution is 2.08. The SMILES string of the molecule is CN(C)/C=C/C(=O)c1ccc(CC(N)C(=O)O)cc1. The number of nitrogens with two attached hydrogens (primary N) is 1. The highest BCUT2D eigenvalue weighted by Gasteiger charge is 2.12. The van der Waals surface area contributed by atoms with Gasteiger partial charge in [0.15, 0.2) is 5.78 Å². The maximum Gasteiger partial charge on any atom is 0.320 e. The second-order valence-corrected chi connectivity index (χ2v) is 4.49. The predicted octanol–water partition coefficient (Wildman–Crippen LogP) is 0.899. The van der Waals surface area contributed by atoms with Crippen LogP contribution in [0.3, 0.4) is 0 Å². The Morgan fingerprint density at radius 1 is 1.32 bits per heavy atom. The molecule has 5 nitrogen and oxygen atoms in total. The lowest BCUT2D eigenvalue weighted by molar-refractivity contribution is -0.138. The van der Waals surface area contributed by atoms with Crippen LogP contribution in [-0.4, -0.2) is 41.9 Å². The van der Waals surface area contributed by atoms with E-state index in [0.717, 1.165) is 5.56 Å². The molecule has 5 heteroatoms. The summed E-state index contributed by atoms with van der Waals surface area (Å²) >= 11 is 0. The van der Waals surface area contributed by atoms with Gasteiger partial charge >= 0.3 is 5.97 Å². The fourth-order valence-corrected chi connectivity index (χ4v) is 1.46. The molecule has 1 unspecified atom stereocenters. The van der Waals surface area contributed by atoms with Gasteiger partial charge in [0, 0.05) is 31.9 Å². The van der Waals surface area contributed by atoms with E-state index in [1.165, 1.54) is 6.08 Å². The molecule has 0 fully saturated rings. The van der Waals surface area contributed by atoms with Crippen molar-refractivity contribution >= 4 is 11.8 Å². The molecule has 1 aromatic carbocycles. The van der Waals surface area contributed by atoms with Crippen LogP contribution in [0.25, 0.3) is 0 Å². The molecule has 19 heavy (non-hydrogen) atoms. The van der Waals surface area contributed by atoms with Crippen molar-refractivity contribution in [1.82, 2.24) is 4.90 Å². The monoisotopic (exact) mass is 262 g/mol. The van der Waals surface area contributed by atoms with Gasteiger partial charge in [-0.05, 0) is 12.0 Å². The normalized spacial score (nSPS) is 12.4. The van der Waals surface area contributed by atoms with Gasteiger partial charge in [-0.15, -0.1) is 0 Å². The second kappa shape index (κ2) is 6.70. The van der Waals surface area contributed by atoms with Gasteiger partial charge in [-0.1, -0.05) is 24.3 Å². The number of hydrogen-bond donors (Lipinski definition) is 2. The van der Waals surface area contributed by atoms with Gasteiger partial charge in [-0.2, -0.15) is 0 Å². The van der Waals surface area contributed by atoms with Crippen LogP contribution in [0.5, 0.6) is 0 Å². The summed E-state index contributed by atoms with van der Waals surface area (Å²) < 4.78 is 0. The maximum absolute atomic E-state index is 11.8. The first kappa shape index (κ1) is 14.9. The van der Waals surface area contributed by atoms with Crippen molar-refractivity contribution in [2.45, 2.75) is 12.5 Å². The summed E-state index contributed by atoms with van der Waals surface area (Å²) in [4.78, 5) is 24.2. The number of carbonyl (C=O) groups excluding carboxylic acids is 1. The average Bonchev–Trinajstić information content (AvgIpc) is 2.36. The Balaban J connectivity index is 2.71. The summed E-state index contributed by atoms with van der Waals surface area (Å²) in [6.07, 6.45) is 3.41. The van der Waals surface area contributed by atoms with Crippen molar-refractivity contribution in [3.8, 4) is 0 Å². The zero-order valence-corrected chi connectivity index (χ0v) is 11.0. The summed E-state index contributed by atoms with van der Waals surface area (Å²) in [5.74, 6) is -1.13. The molecule has 0 aromatic heterocycles. The molecule has 0 amide bonds. The van der Waals surface area contributed by atoms with E-state index in [1.54, 1.807) is 35.4 Å². The smallest absolute Gasteiger partial charge is 0.320 e. The number of benzene rings is 1. The van der Waals surface area contributed by atoms with Gasteiger partial charge in [0.1, 0.15) is 6.04 Å². The lowest BCUT2D eigenvalue weighted by atomic mass is 10.0. The number of rotatable bonds is 6. The van der Waals surface area contributed by atoms with Gasteiger partial charge in [0.05, 0.1) is 0 Å². The van der Waals surface area contributed by atoms with Crippen molar-refractivity contribution in [3.05, 3.63) is 47.7 Å². The fraction of sp³-hybridized carbons (Fsp3) is 0.286. The lowest BCUT2D eigenvalue weighted by Gasteiger charge is -2.07. The molecule has 102 valence electrons. The van der Waals surface area contributed by atoms with E-state index in [-0.39, 0.29) is 12.2 Å². The number of nitrogens with zero attached hydrogens (tertiary/aromatic N) is 1. The number of carboxylic acids is 1. The Hall–Kier alpha value is -2.14. The molecule has 0 saturated heterocycles. The molecule has 0 spiro atoms. The molecule has 0 heterocycles. The van der Waals surface area contributed by atoms with Crippen LogP contribution in [0.2, 0.25) is 0 Å². The van der Waals surface area contributed by atoms with Crippen molar-refractivity contribution in [1.29, 1.82) is 0 Å². The first-order chi connectivity index (χ1) is 8.90. The number of carbonyl (C=O) groups is 2. The Labute approximate surface area is 112 Å². The minimum Gasteiger partial charge on any atom is -0.480 e. The summed E-state index contributed by atoms with van der Waals surface area (Å²) in [7, 11) is 3.67. The molecule has 3 N–H and O–H groups in total. The third-order valence-electron chi connectivity index (χ3n) is 2.54. The zero-order chi connectivity index (χ0) is 14.4. The first-order valence-corrected chi connectivity index (χ1v) is 5.86. The van der Waals surface area contributed by atoms with Crippen LogP contribution in [0.15, 0.2) is 36.5 Å². The molecule has 0 bridgehead atoms. The largest absolute Gasteiger partial charge is 0.480 e. The van der Waals surface area contributed by atoms with E-state index < -0.39 is 12.0 Å². The number of hydrogen-bond acceptors (Lipinski definition) is 4. The molecule has 0 aliphatic heterocycles. The minimum atomic E-state index is -1.03. The van der Waals surface area contributed by atoms with Crippen molar-refractivity contribution in [2.75, 3.05) is 14.1 Å².